The molecule has 0 saturated heterocycles. The molecule has 1 aliphatic rings. The summed E-state index contributed by atoms with van der Waals surface area (Å²) in [5.41, 5.74) is 1.81. The summed E-state index contributed by atoms with van der Waals surface area (Å²) in [5, 5.41) is 0. The summed E-state index contributed by atoms with van der Waals surface area (Å²) in [6, 6.07) is 3.29. The molecule has 3 heteroatoms. The normalized spacial score (nSPS) is 14.1. The van der Waals surface area contributed by atoms with E-state index in [4.69, 9.17) is 0 Å². The van der Waals surface area contributed by atoms with Crippen molar-refractivity contribution in [2.45, 2.75) is 84.1 Å². The van der Waals surface area contributed by atoms with E-state index in [2.05, 4.69) is 6.92 Å². The fourth-order valence-electron chi connectivity index (χ4n) is 3.34. The predicted octanol–water partition coefficient (Wildman–Crippen LogP) is 4.51. The molecule has 0 spiro atoms. The number of hydrogen-bond donors (Lipinski definition) is 0. The number of aromatic nitrogens is 1. The van der Waals surface area contributed by atoms with Gasteiger partial charge in [-0.25, -0.2) is 0 Å². The van der Waals surface area contributed by atoms with Crippen molar-refractivity contribution in [2.24, 2.45) is 0 Å². The van der Waals surface area contributed by atoms with Crippen molar-refractivity contribution in [3.05, 3.63) is 33.7 Å². The Kier molecular flexibility index (Phi) is 6.88. The smallest absolute Gasteiger partial charge is 0.250 e. The molecule has 0 unspecified atom stereocenters. The molecule has 122 valence electrons. The molecule has 1 aliphatic carbocycles. The number of Topliss-reactive ketones (excluding diaryl/α,β-unsaturated/α-hetero) is 1. The number of nitrogens with zero attached hydrogens (tertiary/aromatic N) is 1. The molecule has 22 heavy (non-hydrogen) atoms. The molecule has 0 N–H and O–H groups in total. The second-order valence-corrected chi connectivity index (χ2v) is 6.44. The van der Waals surface area contributed by atoms with Crippen molar-refractivity contribution < 1.29 is 4.79 Å². The van der Waals surface area contributed by atoms with Crippen molar-refractivity contribution in [2.75, 3.05) is 0 Å². The van der Waals surface area contributed by atoms with Crippen LogP contribution < -0.4 is 5.56 Å². The maximum absolute atomic E-state index is 12.1. The van der Waals surface area contributed by atoms with Gasteiger partial charge < -0.3 is 4.57 Å². The third kappa shape index (κ3) is 4.56. The number of fused-ring (bicyclic) bond motifs is 1. The van der Waals surface area contributed by atoms with Gasteiger partial charge in [-0.2, -0.15) is 0 Å². The highest BCUT2D eigenvalue weighted by atomic mass is 16.1. The molecule has 0 saturated carbocycles. The standard InChI is InChI=1S/C19H29NO2/c1-2-3-4-5-6-7-8-9-15-20-17-11-10-12-18(21)16(17)13-14-19(20)22/h13-14H,2-12,15H2,1H3. The Morgan fingerprint density at radius 1 is 0.909 bits per heavy atom. The van der Waals surface area contributed by atoms with Crippen molar-refractivity contribution in [3.8, 4) is 0 Å². The lowest BCUT2D eigenvalue weighted by Crippen LogP contribution is -2.28. The third-order valence-corrected chi connectivity index (χ3v) is 4.65. The van der Waals surface area contributed by atoms with Gasteiger partial charge in [0.25, 0.3) is 5.56 Å². The molecule has 1 aromatic rings. The lowest BCUT2D eigenvalue weighted by Gasteiger charge is -2.19. The molecule has 3 nitrogen and oxygen atoms in total. The fraction of sp³-hybridized carbons (Fsp3) is 0.684. The van der Waals surface area contributed by atoms with E-state index in [-0.39, 0.29) is 11.3 Å². The number of unbranched alkanes of at least 4 members (excludes halogenated alkanes) is 7. The van der Waals surface area contributed by atoms with Gasteiger partial charge in [0.15, 0.2) is 5.78 Å². The zero-order chi connectivity index (χ0) is 15.8. The van der Waals surface area contributed by atoms with E-state index < -0.39 is 0 Å². The predicted molar refractivity (Wildman–Crippen MR) is 90.6 cm³/mol. The lowest BCUT2D eigenvalue weighted by molar-refractivity contribution is 0.0970. The highest BCUT2D eigenvalue weighted by Gasteiger charge is 2.20. The molecule has 1 heterocycles. The Balaban J connectivity index is 1.82. The maximum Gasteiger partial charge on any atom is 0.250 e. The minimum Gasteiger partial charge on any atom is -0.312 e. The number of ketones is 1. The van der Waals surface area contributed by atoms with Gasteiger partial charge in [-0.1, -0.05) is 51.9 Å². The van der Waals surface area contributed by atoms with Crippen molar-refractivity contribution in [1.29, 1.82) is 0 Å². The summed E-state index contributed by atoms with van der Waals surface area (Å²) >= 11 is 0. The van der Waals surface area contributed by atoms with E-state index in [1.807, 2.05) is 4.57 Å². The molecular weight excluding hydrogens is 274 g/mol. The van der Waals surface area contributed by atoms with Crippen LogP contribution in [-0.2, 0) is 13.0 Å². The highest BCUT2D eigenvalue weighted by Crippen LogP contribution is 2.20. The Morgan fingerprint density at radius 3 is 2.32 bits per heavy atom. The summed E-state index contributed by atoms with van der Waals surface area (Å²) in [6.45, 7) is 3.01. The first-order valence-electron chi connectivity index (χ1n) is 9.00. The second-order valence-electron chi connectivity index (χ2n) is 6.44. The zero-order valence-electron chi connectivity index (χ0n) is 13.9. The third-order valence-electron chi connectivity index (χ3n) is 4.65. The molecule has 1 aromatic heterocycles. The van der Waals surface area contributed by atoms with Crippen molar-refractivity contribution in [1.82, 2.24) is 4.57 Å². The minimum absolute atomic E-state index is 0.0522. The first kappa shape index (κ1) is 17.0. The van der Waals surface area contributed by atoms with E-state index in [0.29, 0.717) is 6.42 Å². The van der Waals surface area contributed by atoms with Crippen LogP contribution in [0.2, 0.25) is 0 Å². The molecular formula is C19H29NO2. The molecule has 0 radical (unpaired) electrons. The Hall–Kier alpha value is -1.38. The molecule has 0 aromatic carbocycles. The van der Waals surface area contributed by atoms with Gasteiger partial charge in [0.2, 0.25) is 0 Å². The molecule has 0 atom stereocenters. The molecule has 0 aliphatic heterocycles. The van der Waals surface area contributed by atoms with Crippen LogP contribution in [0.5, 0.6) is 0 Å². The van der Waals surface area contributed by atoms with Crippen LogP contribution in [0.4, 0.5) is 0 Å². The van der Waals surface area contributed by atoms with Gasteiger partial charge in [0.05, 0.1) is 0 Å². The number of carbonyl (C=O) groups excluding carboxylic acids is 1. The van der Waals surface area contributed by atoms with E-state index >= 15 is 0 Å². The monoisotopic (exact) mass is 303 g/mol. The maximum atomic E-state index is 12.1. The molecule has 2 rings (SSSR count). The summed E-state index contributed by atoms with van der Waals surface area (Å²) < 4.78 is 1.85. The average Bonchev–Trinajstić information content (AvgIpc) is 2.52. The van der Waals surface area contributed by atoms with E-state index in [1.165, 1.54) is 44.9 Å². The number of carbonyl (C=O) groups is 1. The van der Waals surface area contributed by atoms with Crippen molar-refractivity contribution >= 4 is 5.78 Å². The summed E-state index contributed by atoms with van der Waals surface area (Å²) in [6.07, 6.45) is 12.5. The first-order valence-corrected chi connectivity index (χ1v) is 9.00. The second kappa shape index (κ2) is 8.92. The van der Waals surface area contributed by atoms with Gasteiger partial charge in [0.1, 0.15) is 0 Å². The number of hydrogen-bond acceptors (Lipinski definition) is 2. The number of pyridine rings is 1. The Morgan fingerprint density at radius 2 is 1.59 bits per heavy atom. The zero-order valence-corrected chi connectivity index (χ0v) is 13.9. The van der Waals surface area contributed by atoms with Gasteiger partial charge >= 0.3 is 0 Å². The van der Waals surface area contributed by atoms with Crippen LogP contribution in [0.3, 0.4) is 0 Å². The van der Waals surface area contributed by atoms with Gasteiger partial charge in [0, 0.05) is 30.3 Å². The van der Waals surface area contributed by atoms with Crippen LogP contribution in [0.25, 0.3) is 0 Å². The van der Waals surface area contributed by atoms with E-state index in [9.17, 15) is 9.59 Å². The Labute approximate surface area is 133 Å². The van der Waals surface area contributed by atoms with Crippen LogP contribution in [-0.4, -0.2) is 10.4 Å². The minimum atomic E-state index is 0.0522. The van der Waals surface area contributed by atoms with Crippen LogP contribution in [0.1, 0.15) is 87.2 Å². The quantitative estimate of drug-likeness (QED) is 0.630. The molecule has 0 amide bonds. The van der Waals surface area contributed by atoms with E-state index in [1.54, 1.807) is 12.1 Å². The fourth-order valence-corrected chi connectivity index (χ4v) is 3.34. The molecule has 0 bridgehead atoms. The van der Waals surface area contributed by atoms with Crippen LogP contribution in [0.15, 0.2) is 16.9 Å². The SMILES string of the molecule is CCCCCCCCCCn1c2c(ccc1=O)C(=O)CCC2. The average molecular weight is 303 g/mol. The van der Waals surface area contributed by atoms with E-state index in [0.717, 1.165) is 37.1 Å². The largest absolute Gasteiger partial charge is 0.312 e. The topological polar surface area (TPSA) is 39.1 Å². The van der Waals surface area contributed by atoms with Crippen molar-refractivity contribution in [3.63, 3.8) is 0 Å². The highest BCUT2D eigenvalue weighted by molar-refractivity contribution is 5.97. The molecule has 0 fully saturated rings. The summed E-state index contributed by atoms with van der Waals surface area (Å²) in [7, 11) is 0. The summed E-state index contributed by atoms with van der Waals surface area (Å²) in [4.78, 5) is 24.0. The van der Waals surface area contributed by atoms with Gasteiger partial charge in [-0.15, -0.1) is 0 Å². The lowest BCUT2D eigenvalue weighted by atomic mass is 9.94. The number of rotatable bonds is 9. The van der Waals surface area contributed by atoms with Crippen LogP contribution in [0, 0.1) is 0 Å². The first-order chi connectivity index (χ1) is 10.7. The van der Waals surface area contributed by atoms with Crippen LogP contribution >= 0.6 is 0 Å². The van der Waals surface area contributed by atoms with Gasteiger partial charge in [-0.3, -0.25) is 9.59 Å². The summed E-state index contributed by atoms with van der Waals surface area (Å²) in [5.74, 6) is 0.200. The van der Waals surface area contributed by atoms with Gasteiger partial charge in [-0.05, 0) is 25.3 Å². The Bertz CT molecular complexity index is 545.